The molecular formula is C29H36N4O3. The number of hydrogen-bond acceptors (Lipinski definition) is 4. The Balaban J connectivity index is 1.25. The van der Waals surface area contributed by atoms with Crippen molar-refractivity contribution in [3.63, 3.8) is 0 Å². The molecule has 3 aliphatic rings. The van der Waals surface area contributed by atoms with E-state index in [1.165, 1.54) is 5.56 Å². The van der Waals surface area contributed by atoms with E-state index in [1.54, 1.807) is 4.90 Å². The summed E-state index contributed by atoms with van der Waals surface area (Å²) in [5.41, 5.74) is 2.36. The molecule has 2 aromatic rings. The molecule has 0 aromatic heterocycles. The van der Waals surface area contributed by atoms with Crippen molar-refractivity contribution in [1.82, 2.24) is 9.80 Å². The van der Waals surface area contributed by atoms with Crippen LogP contribution in [-0.2, 0) is 20.8 Å². The number of rotatable bonds is 6. The van der Waals surface area contributed by atoms with Crippen molar-refractivity contribution in [3.05, 3.63) is 60.2 Å². The SMILES string of the molecule is CC(C)CN1C(=O)C2(CCN(CC(=O)N3CC(=O)Nc4ccccc43)CC2)C[C@H]1Cc1ccccc1. The smallest absolute Gasteiger partial charge is 0.244 e. The third-order valence-electron chi connectivity index (χ3n) is 7.90. The van der Waals surface area contributed by atoms with Crippen LogP contribution in [-0.4, -0.2) is 66.3 Å². The second kappa shape index (κ2) is 10.1. The van der Waals surface area contributed by atoms with Crippen LogP contribution in [0.4, 0.5) is 11.4 Å². The maximum atomic E-state index is 13.8. The van der Waals surface area contributed by atoms with Crippen LogP contribution in [0.15, 0.2) is 54.6 Å². The number of anilines is 2. The monoisotopic (exact) mass is 488 g/mol. The van der Waals surface area contributed by atoms with Gasteiger partial charge >= 0.3 is 0 Å². The number of para-hydroxylation sites is 2. The molecule has 0 radical (unpaired) electrons. The zero-order chi connectivity index (χ0) is 25.3. The minimum absolute atomic E-state index is 0.0391. The Bertz CT molecular complexity index is 1120. The van der Waals surface area contributed by atoms with Gasteiger partial charge in [-0.25, -0.2) is 0 Å². The summed E-state index contributed by atoms with van der Waals surface area (Å²) in [6, 6.07) is 18.1. The summed E-state index contributed by atoms with van der Waals surface area (Å²) in [5, 5.41) is 2.84. The van der Waals surface area contributed by atoms with Gasteiger partial charge < -0.3 is 10.2 Å². The molecule has 2 aromatic carbocycles. The third kappa shape index (κ3) is 4.89. The van der Waals surface area contributed by atoms with Gasteiger partial charge in [-0.05, 0) is 62.4 Å². The van der Waals surface area contributed by atoms with Gasteiger partial charge in [0.25, 0.3) is 0 Å². The number of nitrogens with one attached hydrogen (secondary N) is 1. The lowest BCUT2D eigenvalue weighted by Crippen LogP contribution is -2.50. The summed E-state index contributed by atoms with van der Waals surface area (Å²) in [6.45, 7) is 6.86. The molecule has 190 valence electrons. The number of carbonyl (C=O) groups is 3. The van der Waals surface area contributed by atoms with Gasteiger partial charge in [0.1, 0.15) is 6.54 Å². The summed E-state index contributed by atoms with van der Waals surface area (Å²) in [4.78, 5) is 45.0. The predicted octanol–water partition coefficient (Wildman–Crippen LogP) is 3.55. The highest BCUT2D eigenvalue weighted by atomic mass is 16.2. The van der Waals surface area contributed by atoms with Crippen molar-refractivity contribution in [2.24, 2.45) is 11.3 Å². The van der Waals surface area contributed by atoms with Crippen molar-refractivity contribution >= 4 is 29.1 Å². The van der Waals surface area contributed by atoms with E-state index in [0.29, 0.717) is 30.6 Å². The van der Waals surface area contributed by atoms with Gasteiger partial charge in [0.2, 0.25) is 17.7 Å². The molecule has 0 saturated carbocycles. The second-order valence-corrected chi connectivity index (χ2v) is 11.0. The predicted molar refractivity (Wildman–Crippen MR) is 141 cm³/mol. The van der Waals surface area contributed by atoms with E-state index in [4.69, 9.17) is 0 Å². The number of hydrogen-bond donors (Lipinski definition) is 1. The van der Waals surface area contributed by atoms with Gasteiger partial charge in [0.15, 0.2) is 0 Å². The Morgan fingerprint density at radius 1 is 1.03 bits per heavy atom. The van der Waals surface area contributed by atoms with Crippen molar-refractivity contribution < 1.29 is 14.4 Å². The lowest BCUT2D eigenvalue weighted by atomic mass is 9.75. The molecule has 0 aliphatic carbocycles. The van der Waals surface area contributed by atoms with Gasteiger partial charge in [-0.3, -0.25) is 24.2 Å². The molecule has 3 heterocycles. The first kappa shape index (κ1) is 24.5. The summed E-state index contributed by atoms with van der Waals surface area (Å²) in [7, 11) is 0. The van der Waals surface area contributed by atoms with Crippen LogP contribution in [0.3, 0.4) is 0 Å². The fraction of sp³-hybridized carbons (Fsp3) is 0.483. The average Bonchev–Trinajstić information content (AvgIpc) is 3.10. The first-order valence-electron chi connectivity index (χ1n) is 13.1. The van der Waals surface area contributed by atoms with Crippen LogP contribution in [0.2, 0.25) is 0 Å². The van der Waals surface area contributed by atoms with Crippen LogP contribution in [0.5, 0.6) is 0 Å². The number of likely N-dealkylation sites (tertiary alicyclic amines) is 2. The van der Waals surface area contributed by atoms with E-state index in [0.717, 1.165) is 37.9 Å². The van der Waals surface area contributed by atoms with E-state index >= 15 is 0 Å². The van der Waals surface area contributed by atoms with E-state index in [1.807, 2.05) is 30.3 Å². The summed E-state index contributed by atoms with van der Waals surface area (Å²) in [6.07, 6.45) is 3.32. The summed E-state index contributed by atoms with van der Waals surface area (Å²) >= 11 is 0. The minimum atomic E-state index is -0.328. The maximum absolute atomic E-state index is 13.8. The first-order valence-corrected chi connectivity index (χ1v) is 13.1. The normalized spacial score (nSPS) is 21.7. The van der Waals surface area contributed by atoms with Crippen LogP contribution >= 0.6 is 0 Å². The Kier molecular flexibility index (Phi) is 6.84. The molecule has 7 heteroatoms. The highest BCUT2D eigenvalue weighted by Gasteiger charge is 2.52. The Morgan fingerprint density at radius 2 is 1.72 bits per heavy atom. The lowest BCUT2D eigenvalue weighted by Gasteiger charge is -2.38. The molecule has 7 nitrogen and oxygen atoms in total. The van der Waals surface area contributed by atoms with Gasteiger partial charge in [0.05, 0.1) is 23.3 Å². The van der Waals surface area contributed by atoms with Crippen molar-refractivity contribution in [2.75, 3.05) is 42.9 Å². The van der Waals surface area contributed by atoms with Crippen LogP contribution in [0, 0.1) is 11.3 Å². The van der Waals surface area contributed by atoms with Crippen LogP contribution in [0.25, 0.3) is 0 Å². The Morgan fingerprint density at radius 3 is 2.44 bits per heavy atom. The number of nitrogens with zero attached hydrogens (tertiary/aromatic N) is 3. The number of fused-ring (bicyclic) bond motifs is 1. The van der Waals surface area contributed by atoms with Crippen molar-refractivity contribution in [2.45, 2.75) is 45.6 Å². The molecule has 2 fully saturated rings. The second-order valence-electron chi connectivity index (χ2n) is 11.0. The molecule has 1 atom stereocenters. The standard InChI is InChI=1S/C29H36N4O3/c1-21(2)18-32-23(16-22-8-4-3-5-9-22)17-29(28(32)36)12-14-31(15-13-29)20-27(35)33-19-26(34)30-24-10-6-7-11-25(24)33/h3-11,21,23H,12-20H2,1-2H3,(H,30,34)/t23-/m1/s1. The average molecular weight is 489 g/mol. The van der Waals surface area contributed by atoms with Crippen LogP contribution < -0.4 is 10.2 Å². The highest BCUT2D eigenvalue weighted by molar-refractivity contribution is 6.10. The fourth-order valence-electron chi connectivity index (χ4n) is 6.10. The van der Waals surface area contributed by atoms with Crippen molar-refractivity contribution in [1.29, 1.82) is 0 Å². The molecular weight excluding hydrogens is 452 g/mol. The Hall–Kier alpha value is -3.19. The first-order chi connectivity index (χ1) is 17.3. The van der Waals surface area contributed by atoms with E-state index in [-0.39, 0.29) is 36.4 Å². The molecule has 3 aliphatic heterocycles. The molecule has 2 saturated heterocycles. The van der Waals surface area contributed by atoms with Gasteiger partial charge in [-0.1, -0.05) is 56.3 Å². The number of benzene rings is 2. The largest absolute Gasteiger partial charge is 0.339 e. The third-order valence-corrected chi connectivity index (χ3v) is 7.90. The van der Waals surface area contributed by atoms with E-state index in [9.17, 15) is 14.4 Å². The zero-order valence-electron chi connectivity index (χ0n) is 21.3. The molecule has 0 bridgehead atoms. The number of carbonyl (C=O) groups excluding carboxylic acids is 3. The lowest BCUT2D eigenvalue weighted by molar-refractivity contribution is -0.139. The summed E-state index contributed by atoms with van der Waals surface area (Å²) < 4.78 is 0. The van der Waals surface area contributed by atoms with E-state index < -0.39 is 0 Å². The van der Waals surface area contributed by atoms with Gasteiger partial charge in [0, 0.05) is 12.6 Å². The molecule has 0 unspecified atom stereocenters. The topological polar surface area (TPSA) is 73.0 Å². The number of piperidine rings is 1. The van der Waals surface area contributed by atoms with Crippen molar-refractivity contribution in [3.8, 4) is 0 Å². The number of amides is 3. The molecule has 36 heavy (non-hydrogen) atoms. The minimum Gasteiger partial charge on any atom is -0.339 e. The van der Waals surface area contributed by atoms with E-state index in [2.05, 4.69) is 53.2 Å². The highest BCUT2D eigenvalue weighted by Crippen LogP contribution is 2.45. The molecule has 1 spiro atoms. The quantitative estimate of drug-likeness (QED) is 0.675. The van der Waals surface area contributed by atoms with Crippen LogP contribution in [0.1, 0.15) is 38.7 Å². The molecule has 3 amide bonds. The molecule has 5 rings (SSSR count). The van der Waals surface area contributed by atoms with Gasteiger partial charge in [-0.2, -0.15) is 0 Å². The molecule has 1 N–H and O–H groups in total. The zero-order valence-corrected chi connectivity index (χ0v) is 21.3. The maximum Gasteiger partial charge on any atom is 0.244 e. The summed E-state index contributed by atoms with van der Waals surface area (Å²) in [5.74, 6) is 0.467. The fourth-order valence-corrected chi connectivity index (χ4v) is 6.10. The Labute approximate surface area is 213 Å². The van der Waals surface area contributed by atoms with Gasteiger partial charge in [-0.15, -0.1) is 0 Å².